The normalized spacial score (nSPS) is 14.8. The quantitative estimate of drug-likeness (QED) is 0.336. The van der Waals surface area contributed by atoms with E-state index in [9.17, 15) is 4.79 Å². The molecule has 5 rings (SSSR count). The number of amides is 1. The third-order valence-corrected chi connectivity index (χ3v) is 5.92. The first-order valence-corrected chi connectivity index (χ1v) is 11.1. The molecule has 4 aromatic rings. The maximum Gasteiger partial charge on any atom is 0.258 e. The van der Waals surface area contributed by atoms with Gasteiger partial charge in [-0.15, -0.1) is 5.10 Å². The first-order valence-electron chi connectivity index (χ1n) is 10.00. The standard InChI is InChI=1S/C24H16Cl3N5O/c25-17-7-1-14(2-8-17)20-13-21(15-3-9-18(26)10-4-15)32-24(28-20)30-23(31-32)29-22(33)16-5-11-19(27)12-6-16/h1-13,21H,(H2,28,29,30,31,33)/t21-/m0/s1. The summed E-state index contributed by atoms with van der Waals surface area (Å²) >= 11 is 18.1. The van der Waals surface area contributed by atoms with Crippen LogP contribution < -0.4 is 10.6 Å². The maximum atomic E-state index is 12.6. The Balaban J connectivity index is 1.50. The topological polar surface area (TPSA) is 71.8 Å². The fraction of sp³-hybridized carbons (Fsp3) is 0.0417. The van der Waals surface area contributed by atoms with Crippen LogP contribution in [-0.4, -0.2) is 20.7 Å². The zero-order chi connectivity index (χ0) is 22.9. The summed E-state index contributed by atoms with van der Waals surface area (Å²) < 4.78 is 1.72. The van der Waals surface area contributed by atoms with Crippen LogP contribution in [0.2, 0.25) is 15.1 Å². The molecule has 1 aliphatic heterocycles. The second-order valence-corrected chi connectivity index (χ2v) is 8.68. The van der Waals surface area contributed by atoms with Crippen molar-refractivity contribution < 1.29 is 4.79 Å². The predicted molar refractivity (Wildman–Crippen MR) is 132 cm³/mol. The van der Waals surface area contributed by atoms with Crippen molar-refractivity contribution in [3.63, 3.8) is 0 Å². The highest BCUT2D eigenvalue weighted by Crippen LogP contribution is 2.34. The highest BCUT2D eigenvalue weighted by Gasteiger charge is 2.26. The molecule has 0 saturated carbocycles. The largest absolute Gasteiger partial charge is 0.324 e. The molecule has 1 aromatic heterocycles. The van der Waals surface area contributed by atoms with E-state index in [2.05, 4.69) is 20.7 Å². The van der Waals surface area contributed by atoms with Gasteiger partial charge in [0, 0.05) is 26.3 Å². The molecule has 0 unspecified atom stereocenters. The van der Waals surface area contributed by atoms with Crippen LogP contribution in [0, 0.1) is 0 Å². The maximum absolute atomic E-state index is 12.6. The van der Waals surface area contributed by atoms with Crippen LogP contribution in [0.15, 0.2) is 78.9 Å². The van der Waals surface area contributed by atoms with Gasteiger partial charge in [0.25, 0.3) is 11.9 Å². The Kier molecular flexibility index (Phi) is 5.81. The Bertz CT molecular complexity index is 1350. The number of benzene rings is 3. The number of fused-ring (bicyclic) bond motifs is 1. The number of anilines is 2. The molecule has 0 bridgehead atoms. The average molecular weight is 497 g/mol. The monoisotopic (exact) mass is 495 g/mol. The van der Waals surface area contributed by atoms with E-state index >= 15 is 0 Å². The van der Waals surface area contributed by atoms with E-state index in [-0.39, 0.29) is 17.9 Å². The van der Waals surface area contributed by atoms with Crippen molar-refractivity contribution in [1.29, 1.82) is 0 Å². The van der Waals surface area contributed by atoms with Crippen LogP contribution in [-0.2, 0) is 0 Å². The van der Waals surface area contributed by atoms with E-state index in [4.69, 9.17) is 34.8 Å². The summed E-state index contributed by atoms with van der Waals surface area (Å²) in [5, 5.41) is 12.4. The van der Waals surface area contributed by atoms with Crippen molar-refractivity contribution in [1.82, 2.24) is 14.8 Å². The average Bonchev–Trinajstić information content (AvgIpc) is 3.22. The summed E-state index contributed by atoms with van der Waals surface area (Å²) in [5.74, 6) is 0.347. The van der Waals surface area contributed by atoms with Crippen LogP contribution in [0.5, 0.6) is 0 Å². The highest BCUT2D eigenvalue weighted by atomic mass is 35.5. The molecule has 1 amide bonds. The second-order valence-electron chi connectivity index (χ2n) is 7.37. The third-order valence-electron chi connectivity index (χ3n) is 5.16. The van der Waals surface area contributed by atoms with Gasteiger partial charge in [0.2, 0.25) is 5.95 Å². The molecule has 1 atom stereocenters. The Labute approximate surface area is 204 Å². The number of rotatable bonds is 4. The number of carbonyl (C=O) groups is 1. The Hall–Kier alpha value is -3.32. The van der Waals surface area contributed by atoms with Gasteiger partial charge in [-0.1, -0.05) is 59.1 Å². The molecule has 3 aromatic carbocycles. The minimum absolute atomic E-state index is 0.183. The molecule has 0 fully saturated rings. The highest BCUT2D eigenvalue weighted by molar-refractivity contribution is 6.31. The van der Waals surface area contributed by atoms with Crippen molar-refractivity contribution in [3.8, 4) is 0 Å². The molecule has 0 radical (unpaired) electrons. The molecule has 0 aliphatic carbocycles. The van der Waals surface area contributed by atoms with Crippen LogP contribution >= 0.6 is 34.8 Å². The van der Waals surface area contributed by atoms with Crippen molar-refractivity contribution in [2.24, 2.45) is 0 Å². The SMILES string of the molecule is O=C(Nc1nc2n(n1)[C@H](c1ccc(Cl)cc1)C=C(c1ccc(Cl)cc1)N2)c1ccc(Cl)cc1. The molecule has 2 N–H and O–H groups in total. The number of carbonyl (C=O) groups excluding carboxylic acids is 1. The summed E-state index contributed by atoms with van der Waals surface area (Å²) in [7, 11) is 0. The number of aromatic nitrogens is 3. The number of hydrogen-bond acceptors (Lipinski definition) is 4. The first kappa shape index (κ1) is 21.5. The molecule has 1 aliphatic rings. The van der Waals surface area contributed by atoms with Crippen LogP contribution in [0.25, 0.3) is 5.70 Å². The molecular weight excluding hydrogens is 481 g/mol. The lowest BCUT2D eigenvalue weighted by molar-refractivity contribution is 0.102. The molecule has 33 heavy (non-hydrogen) atoms. The summed E-state index contributed by atoms with van der Waals surface area (Å²) in [4.78, 5) is 17.2. The van der Waals surface area contributed by atoms with Gasteiger partial charge in [0.1, 0.15) is 6.04 Å². The summed E-state index contributed by atoms with van der Waals surface area (Å²) in [6, 6.07) is 21.4. The van der Waals surface area contributed by atoms with Crippen LogP contribution in [0.1, 0.15) is 27.5 Å². The smallest absolute Gasteiger partial charge is 0.258 e. The van der Waals surface area contributed by atoms with E-state index in [1.165, 1.54) is 0 Å². The number of halogens is 3. The van der Waals surface area contributed by atoms with Gasteiger partial charge < -0.3 is 5.32 Å². The van der Waals surface area contributed by atoms with Gasteiger partial charge in [-0.2, -0.15) is 4.98 Å². The molecule has 2 heterocycles. The molecule has 0 saturated heterocycles. The summed E-state index contributed by atoms with van der Waals surface area (Å²) in [5.41, 5.74) is 3.21. The molecule has 6 nitrogen and oxygen atoms in total. The Morgan fingerprint density at radius 1 is 0.848 bits per heavy atom. The van der Waals surface area contributed by atoms with Gasteiger partial charge in [-0.05, 0) is 65.7 Å². The third kappa shape index (κ3) is 4.59. The lowest BCUT2D eigenvalue weighted by Crippen LogP contribution is -2.20. The van der Waals surface area contributed by atoms with Crippen molar-refractivity contribution in [3.05, 3.63) is 111 Å². The fourth-order valence-electron chi connectivity index (χ4n) is 3.52. The van der Waals surface area contributed by atoms with E-state index in [1.54, 1.807) is 28.9 Å². The van der Waals surface area contributed by atoms with Crippen LogP contribution in [0.4, 0.5) is 11.9 Å². The minimum atomic E-state index is -0.330. The Morgan fingerprint density at radius 2 is 1.42 bits per heavy atom. The number of allylic oxidation sites excluding steroid dienone is 1. The number of hydrogen-bond donors (Lipinski definition) is 2. The fourth-order valence-corrected chi connectivity index (χ4v) is 3.89. The lowest BCUT2D eigenvalue weighted by atomic mass is 10.0. The summed E-state index contributed by atoms with van der Waals surface area (Å²) in [6.07, 6.45) is 2.04. The second kappa shape index (κ2) is 8.90. The molecule has 9 heteroatoms. The van der Waals surface area contributed by atoms with Crippen LogP contribution in [0.3, 0.4) is 0 Å². The van der Waals surface area contributed by atoms with Crippen molar-refractivity contribution >= 4 is 58.3 Å². The van der Waals surface area contributed by atoms with Gasteiger partial charge in [0.15, 0.2) is 0 Å². The zero-order valence-corrected chi connectivity index (χ0v) is 19.2. The number of nitrogens with one attached hydrogen (secondary N) is 2. The first-order chi connectivity index (χ1) is 16.0. The molecule has 164 valence electrons. The van der Waals surface area contributed by atoms with E-state index in [0.29, 0.717) is 26.6 Å². The van der Waals surface area contributed by atoms with Gasteiger partial charge in [0.05, 0.1) is 0 Å². The molecule has 0 spiro atoms. The minimum Gasteiger partial charge on any atom is -0.324 e. The molecular formula is C24H16Cl3N5O. The zero-order valence-electron chi connectivity index (χ0n) is 17.0. The van der Waals surface area contributed by atoms with E-state index in [0.717, 1.165) is 16.8 Å². The Morgan fingerprint density at radius 3 is 2.06 bits per heavy atom. The summed E-state index contributed by atoms with van der Waals surface area (Å²) in [6.45, 7) is 0. The van der Waals surface area contributed by atoms with Gasteiger partial charge in [-0.25, -0.2) is 4.68 Å². The van der Waals surface area contributed by atoms with E-state index < -0.39 is 0 Å². The van der Waals surface area contributed by atoms with Gasteiger partial charge >= 0.3 is 0 Å². The lowest BCUT2D eigenvalue weighted by Gasteiger charge is -2.24. The van der Waals surface area contributed by atoms with Crippen molar-refractivity contribution in [2.45, 2.75) is 6.04 Å². The van der Waals surface area contributed by atoms with E-state index in [1.807, 2.05) is 54.6 Å². The van der Waals surface area contributed by atoms with Gasteiger partial charge in [-0.3, -0.25) is 10.1 Å². The number of nitrogens with zero attached hydrogens (tertiary/aromatic N) is 3. The predicted octanol–water partition coefficient (Wildman–Crippen LogP) is 6.55. The van der Waals surface area contributed by atoms with Crippen molar-refractivity contribution in [2.75, 3.05) is 10.6 Å².